The van der Waals surface area contributed by atoms with Gasteiger partial charge in [0, 0.05) is 24.6 Å². The Morgan fingerprint density at radius 3 is 2.00 bits per heavy atom. The second kappa shape index (κ2) is 6.23. The first-order valence-corrected chi connectivity index (χ1v) is 5.19. The van der Waals surface area contributed by atoms with Gasteiger partial charge in [0.15, 0.2) is 0 Å². The molecule has 0 radical (unpaired) electrons. The van der Waals surface area contributed by atoms with E-state index in [0.29, 0.717) is 30.3 Å². The molecule has 4 nitrogen and oxygen atoms in total. The van der Waals surface area contributed by atoms with Crippen molar-refractivity contribution in [1.29, 1.82) is 0 Å². The van der Waals surface area contributed by atoms with Gasteiger partial charge in [-0.15, -0.1) is 0 Å². The van der Waals surface area contributed by atoms with Crippen LogP contribution in [-0.4, -0.2) is 32.0 Å². The zero-order chi connectivity index (χ0) is 12.0. The van der Waals surface area contributed by atoms with E-state index in [9.17, 15) is 0 Å². The predicted octanol–water partition coefficient (Wildman–Crippen LogP) is 1.85. The summed E-state index contributed by atoms with van der Waals surface area (Å²) < 4.78 is 15.7. The summed E-state index contributed by atoms with van der Waals surface area (Å²) in [5, 5.41) is 9.10. The van der Waals surface area contributed by atoms with Crippen LogP contribution < -0.4 is 14.2 Å². The summed E-state index contributed by atoms with van der Waals surface area (Å²) in [7, 11) is 3.18. The average Bonchev–Trinajstić information content (AvgIpc) is 2.28. The van der Waals surface area contributed by atoms with Crippen LogP contribution in [0.1, 0.15) is 13.3 Å². The Morgan fingerprint density at radius 2 is 1.56 bits per heavy atom. The molecule has 1 unspecified atom stereocenters. The Kier molecular flexibility index (Phi) is 4.92. The van der Waals surface area contributed by atoms with Crippen molar-refractivity contribution >= 4 is 0 Å². The van der Waals surface area contributed by atoms with Gasteiger partial charge in [-0.05, 0) is 6.92 Å². The first-order chi connectivity index (χ1) is 7.65. The molecule has 0 fully saturated rings. The first kappa shape index (κ1) is 12.6. The van der Waals surface area contributed by atoms with Crippen LogP contribution in [0.3, 0.4) is 0 Å². The zero-order valence-electron chi connectivity index (χ0n) is 9.90. The van der Waals surface area contributed by atoms with Gasteiger partial charge in [-0.1, -0.05) is 0 Å². The summed E-state index contributed by atoms with van der Waals surface area (Å²) in [6, 6.07) is 5.34. The minimum absolute atomic E-state index is 0.354. The molecule has 0 aliphatic carbocycles. The first-order valence-electron chi connectivity index (χ1n) is 5.19. The average molecular weight is 226 g/mol. The molecule has 16 heavy (non-hydrogen) atoms. The molecule has 0 spiro atoms. The van der Waals surface area contributed by atoms with Gasteiger partial charge < -0.3 is 19.3 Å². The molecule has 0 aliphatic rings. The maximum Gasteiger partial charge on any atom is 0.126 e. The van der Waals surface area contributed by atoms with E-state index >= 15 is 0 Å². The van der Waals surface area contributed by atoms with Gasteiger partial charge in [0.05, 0.1) is 26.9 Å². The lowest BCUT2D eigenvalue weighted by Crippen LogP contribution is -2.07. The molecule has 1 aromatic carbocycles. The SMILES string of the molecule is COc1cc(OC)cc(OCCC(C)O)c1. The molecule has 4 heteroatoms. The molecule has 0 aliphatic heterocycles. The van der Waals surface area contributed by atoms with Crippen molar-refractivity contribution < 1.29 is 19.3 Å². The molecule has 0 saturated carbocycles. The lowest BCUT2D eigenvalue weighted by molar-refractivity contribution is 0.155. The smallest absolute Gasteiger partial charge is 0.126 e. The molecular weight excluding hydrogens is 208 g/mol. The number of aliphatic hydroxyl groups excluding tert-OH is 1. The van der Waals surface area contributed by atoms with Gasteiger partial charge in [-0.25, -0.2) is 0 Å². The van der Waals surface area contributed by atoms with E-state index in [1.54, 1.807) is 39.3 Å². The third-order valence-electron chi connectivity index (χ3n) is 2.13. The van der Waals surface area contributed by atoms with Crippen LogP contribution in [0.15, 0.2) is 18.2 Å². The quantitative estimate of drug-likeness (QED) is 0.804. The van der Waals surface area contributed by atoms with Crippen molar-refractivity contribution in [3.63, 3.8) is 0 Å². The predicted molar refractivity (Wildman–Crippen MR) is 61.3 cm³/mol. The summed E-state index contributed by atoms with van der Waals surface area (Å²) >= 11 is 0. The van der Waals surface area contributed by atoms with E-state index in [4.69, 9.17) is 19.3 Å². The summed E-state index contributed by atoms with van der Waals surface area (Å²) in [6.45, 7) is 2.20. The van der Waals surface area contributed by atoms with Gasteiger partial charge in [-0.3, -0.25) is 0 Å². The number of benzene rings is 1. The van der Waals surface area contributed by atoms with Gasteiger partial charge in [-0.2, -0.15) is 0 Å². The van der Waals surface area contributed by atoms with Crippen LogP contribution in [0.5, 0.6) is 17.2 Å². The molecule has 0 aromatic heterocycles. The van der Waals surface area contributed by atoms with Gasteiger partial charge in [0.2, 0.25) is 0 Å². The molecule has 0 bridgehead atoms. The normalized spacial score (nSPS) is 12.0. The van der Waals surface area contributed by atoms with Crippen molar-refractivity contribution in [3.05, 3.63) is 18.2 Å². The van der Waals surface area contributed by atoms with Crippen LogP contribution in [-0.2, 0) is 0 Å². The summed E-state index contributed by atoms with van der Waals surface area (Å²) in [6.07, 6.45) is 0.243. The molecular formula is C12H18O4. The number of rotatable bonds is 6. The Bertz CT molecular complexity index is 301. The highest BCUT2D eigenvalue weighted by Gasteiger charge is 2.03. The van der Waals surface area contributed by atoms with Gasteiger partial charge in [0.1, 0.15) is 17.2 Å². The molecule has 1 rings (SSSR count). The Balaban J connectivity index is 2.64. The molecule has 0 amide bonds. The van der Waals surface area contributed by atoms with Crippen molar-refractivity contribution in [3.8, 4) is 17.2 Å². The fourth-order valence-electron chi connectivity index (χ4n) is 1.21. The highest BCUT2D eigenvalue weighted by Crippen LogP contribution is 2.27. The topological polar surface area (TPSA) is 47.9 Å². The fourth-order valence-corrected chi connectivity index (χ4v) is 1.21. The van der Waals surface area contributed by atoms with E-state index in [1.165, 1.54) is 0 Å². The van der Waals surface area contributed by atoms with E-state index < -0.39 is 0 Å². The van der Waals surface area contributed by atoms with Crippen LogP contribution in [0.25, 0.3) is 0 Å². The molecule has 90 valence electrons. The maximum absolute atomic E-state index is 9.10. The van der Waals surface area contributed by atoms with Crippen molar-refractivity contribution in [2.24, 2.45) is 0 Å². The lowest BCUT2D eigenvalue weighted by Gasteiger charge is -2.10. The zero-order valence-corrected chi connectivity index (χ0v) is 9.90. The third-order valence-corrected chi connectivity index (χ3v) is 2.13. The summed E-state index contributed by atoms with van der Waals surface area (Å²) in [5.41, 5.74) is 0. The van der Waals surface area contributed by atoms with Crippen molar-refractivity contribution in [2.75, 3.05) is 20.8 Å². The fraction of sp³-hybridized carbons (Fsp3) is 0.500. The van der Waals surface area contributed by atoms with E-state index in [1.807, 2.05) is 0 Å². The van der Waals surface area contributed by atoms with Crippen molar-refractivity contribution in [1.82, 2.24) is 0 Å². The Morgan fingerprint density at radius 1 is 1.06 bits per heavy atom. The number of methoxy groups -OCH3 is 2. The van der Waals surface area contributed by atoms with E-state index in [-0.39, 0.29) is 6.10 Å². The van der Waals surface area contributed by atoms with Gasteiger partial charge in [0.25, 0.3) is 0 Å². The van der Waals surface area contributed by atoms with Crippen LogP contribution >= 0.6 is 0 Å². The molecule has 0 heterocycles. The van der Waals surface area contributed by atoms with Gasteiger partial charge >= 0.3 is 0 Å². The molecule has 1 aromatic rings. The highest BCUT2D eigenvalue weighted by atomic mass is 16.5. The second-order valence-corrected chi connectivity index (χ2v) is 3.53. The third kappa shape index (κ3) is 3.98. The largest absolute Gasteiger partial charge is 0.496 e. The van der Waals surface area contributed by atoms with E-state index in [2.05, 4.69) is 0 Å². The maximum atomic E-state index is 9.10. The Labute approximate surface area is 95.8 Å². The standard InChI is InChI=1S/C12H18O4/c1-9(13)4-5-16-12-7-10(14-2)6-11(8-12)15-3/h6-9,13H,4-5H2,1-3H3. The Hall–Kier alpha value is -1.42. The number of aliphatic hydroxyl groups is 1. The van der Waals surface area contributed by atoms with Crippen LogP contribution in [0.2, 0.25) is 0 Å². The number of hydrogen-bond donors (Lipinski definition) is 1. The molecule has 0 saturated heterocycles. The molecule has 1 N–H and O–H groups in total. The molecule has 1 atom stereocenters. The minimum Gasteiger partial charge on any atom is -0.496 e. The summed E-state index contributed by atoms with van der Waals surface area (Å²) in [4.78, 5) is 0. The highest BCUT2D eigenvalue weighted by molar-refractivity contribution is 5.41. The van der Waals surface area contributed by atoms with Crippen LogP contribution in [0, 0.1) is 0 Å². The second-order valence-electron chi connectivity index (χ2n) is 3.53. The summed E-state index contributed by atoms with van der Waals surface area (Å²) in [5.74, 6) is 2.05. The number of ether oxygens (including phenoxy) is 3. The van der Waals surface area contributed by atoms with Crippen molar-refractivity contribution in [2.45, 2.75) is 19.4 Å². The number of hydrogen-bond acceptors (Lipinski definition) is 4. The monoisotopic (exact) mass is 226 g/mol. The van der Waals surface area contributed by atoms with Crippen LogP contribution in [0.4, 0.5) is 0 Å². The minimum atomic E-state index is -0.354. The lowest BCUT2D eigenvalue weighted by atomic mass is 10.3. The van der Waals surface area contributed by atoms with E-state index in [0.717, 1.165) is 0 Å².